The first kappa shape index (κ1) is 14.6. The van der Waals surface area contributed by atoms with Crippen LogP contribution in [0.3, 0.4) is 0 Å². The molecular formula is C9H12BrN5O2S2. The van der Waals surface area contributed by atoms with E-state index in [2.05, 4.69) is 35.8 Å². The lowest BCUT2D eigenvalue weighted by molar-refractivity contribution is 0.560. The molecule has 0 aromatic carbocycles. The highest BCUT2D eigenvalue weighted by Gasteiger charge is 2.24. The SMILES string of the molecule is CC(NS(=O)(=O)c1cc(CN)sc1Br)c1ncn[nH]1. The molecule has 0 bridgehead atoms. The molecule has 7 nitrogen and oxygen atoms in total. The van der Waals surface area contributed by atoms with Crippen LogP contribution in [0.1, 0.15) is 23.7 Å². The topological polar surface area (TPSA) is 114 Å². The molecule has 0 saturated carbocycles. The zero-order valence-electron chi connectivity index (χ0n) is 9.92. The Morgan fingerprint density at radius 3 is 2.89 bits per heavy atom. The van der Waals surface area contributed by atoms with E-state index in [0.29, 0.717) is 16.2 Å². The first-order chi connectivity index (χ1) is 8.94. The van der Waals surface area contributed by atoms with E-state index in [-0.39, 0.29) is 4.90 Å². The van der Waals surface area contributed by atoms with E-state index in [9.17, 15) is 8.42 Å². The van der Waals surface area contributed by atoms with Crippen LogP contribution in [-0.4, -0.2) is 23.6 Å². The lowest BCUT2D eigenvalue weighted by Crippen LogP contribution is -2.27. The van der Waals surface area contributed by atoms with Crippen molar-refractivity contribution < 1.29 is 8.42 Å². The van der Waals surface area contributed by atoms with Gasteiger partial charge in [0.1, 0.15) is 17.0 Å². The van der Waals surface area contributed by atoms with E-state index in [0.717, 1.165) is 4.88 Å². The Kier molecular flexibility index (Phi) is 4.36. The minimum absolute atomic E-state index is 0.185. The lowest BCUT2D eigenvalue weighted by Gasteiger charge is -2.10. The molecule has 0 radical (unpaired) electrons. The molecule has 1 atom stereocenters. The molecule has 0 saturated heterocycles. The number of sulfonamides is 1. The van der Waals surface area contributed by atoms with Crippen molar-refractivity contribution in [3.63, 3.8) is 0 Å². The summed E-state index contributed by atoms with van der Waals surface area (Å²) < 4.78 is 27.6. The lowest BCUT2D eigenvalue weighted by atomic mass is 10.3. The standard InChI is InChI=1S/C9H12BrN5O2S2/c1-5(9-12-4-13-14-9)15-19(16,17)7-2-6(3-11)18-8(7)10/h2,4-5,15H,3,11H2,1H3,(H,12,13,14). The molecule has 2 rings (SSSR count). The van der Waals surface area contributed by atoms with Crippen LogP contribution >= 0.6 is 27.3 Å². The Hall–Kier alpha value is -0.810. The molecule has 0 aliphatic heterocycles. The maximum Gasteiger partial charge on any atom is 0.243 e. The summed E-state index contributed by atoms with van der Waals surface area (Å²) in [6, 6.07) is 1.06. The third kappa shape index (κ3) is 3.20. The zero-order valence-corrected chi connectivity index (χ0v) is 13.1. The van der Waals surface area contributed by atoms with Gasteiger partial charge >= 0.3 is 0 Å². The highest BCUT2D eigenvalue weighted by Crippen LogP contribution is 2.32. The molecule has 10 heteroatoms. The number of halogens is 1. The fourth-order valence-corrected chi connectivity index (χ4v) is 5.23. The Balaban J connectivity index is 2.25. The monoisotopic (exact) mass is 365 g/mol. The van der Waals surface area contributed by atoms with Crippen LogP contribution in [0.4, 0.5) is 0 Å². The third-order valence-corrected chi connectivity index (χ3v) is 6.19. The Morgan fingerprint density at radius 2 is 2.37 bits per heavy atom. The minimum atomic E-state index is -3.64. The summed E-state index contributed by atoms with van der Waals surface area (Å²) in [6.07, 6.45) is 1.33. The predicted molar refractivity (Wildman–Crippen MR) is 75.0 cm³/mol. The van der Waals surface area contributed by atoms with Crippen molar-refractivity contribution in [2.45, 2.75) is 24.4 Å². The number of rotatable bonds is 5. The van der Waals surface area contributed by atoms with Crippen LogP contribution in [0, 0.1) is 0 Å². The molecule has 0 amide bonds. The molecule has 2 aromatic rings. The summed E-state index contributed by atoms with van der Waals surface area (Å²) in [6.45, 7) is 1.98. The van der Waals surface area contributed by atoms with Crippen LogP contribution < -0.4 is 10.5 Å². The van der Waals surface area contributed by atoms with E-state index in [4.69, 9.17) is 5.73 Å². The summed E-state index contributed by atoms with van der Waals surface area (Å²) in [4.78, 5) is 4.89. The summed E-state index contributed by atoms with van der Waals surface area (Å²) in [5, 5.41) is 6.31. The molecule has 4 N–H and O–H groups in total. The average molecular weight is 366 g/mol. The molecule has 2 heterocycles. The molecule has 19 heavy (non-hydrogen) atoms. The molecule has 0 fully saturated rings. The van der Waals surface area contributed by atoms with Gasteiger partial charge in [-0.2, -0.15) is 5.10 Å². The highest BCUT2D eigenvalue weighted by molar-refractivity contribution is 9.11. The largest absolute Gasteiger partial charge is 0.326 e. The van der Waals surface area contributed by atoms with Gasteiger partial charge in [0, 0.05) is 11.4 Å². The number of thiophene rings is 1. The van der Waals surface area contributed by atoms with Crippen molar-refractivity contribution in [1.82, 2.24) is 19.9 Å². The first-order valence-electron chi connectivity index (χ1n) is 5.30. The van der Waals surface area contributed by atoms with Crippen molar-refractivity contribution in [2.24, 2.45) is 5.73 Å². The van der Waals surface area contributed by atoms with Gasteiger partial charge in [-0.1, -0.05) is 0 Å². The number of nitrogens with zero attached hydrogens (tertiary/aromatic N) is 2. The number of H-pyrrole nitrogens is 1. The number of aromatic nitrogens is 3. The molecule has 104 valence electrons. The third-order valence-electron chi connectivity index (χ3n) is 2.37. The predicted octanol–water partition coefficient (Wildman–Crippen LogP) is 1.13. The molecule has 0 spiro atoms. The second-order valence-corrected chi connectivity index (χ2v) is 7.91. The van der Waals surface area contributed by atoms with Crippen LogP contribution in [0.5, 0.6) is 0 Å². The van der Waals surface area contributed by atoms with E-state index in [1.807, 2.05) is 0 Å². The van der Waals surface area contributed by atoms with Gasteiger partial charge < -0.3 is 5.73 Å². The number of aromatic amines is 1. The summed E-state index contributed by atoms with van der Waals surface area (Å²) >= 11 is 4.54. The Morgan fingerprint density at radius 1 is 1.63 bits per heavy atom. The quantitative estimate of drug-likeness (QED) is 0.734. The van der Waals surface area contributed by atoms with Gasteiger partial charge in [0.25, 0.3) is 0 Å². The number of hydrogen-bond acceptors (Lipinski definition) is 6. The number of nitrogens with two attached hydrogens (primary N) is 1. The molecule has 0 aliphatic rings. The fraction of sp³-hybridized carbons (Fsp3) is 0.333. The Labute approximate surface area is 122 Å². The van der Waals surface area contributed by atoms with Gasteiger partial charge in [-0.25, -0.2) is 18.1 Å². The summed E-state index contributed by atoms with van der Waals surface area (Å²) in [7, 11) is -3.64. The zero-order chi connectivity index (χ0) is 14.0. The van der Waals surface area contributed by atoms with Crippen molar-refractivity contribution in [1.29, 1.82) is 0 Å². The van der Waals surface area contributed by atoms with Crippen LogP contribution in [0.2, 0.25) is 0 Å². The van der Waals surface area contributed by atoms with Gasteiger partial charge in [0.05, 0.1) is 9.83 Å². The maximum atomic E-state index is 12.3. The van der Waals surface area contributed by atoms with E-state index >= 15 is 0 Å². The second-order valence-electron chi connectivity index (χ2n) is 3.77. The van der Waals surface area contributed by atoms with E-state index in [1.54, 1.807) is 13.0 Å². The fourth-order valence-electron chi connectivity index (χ4n) is 1.46. The van der Waals surface area contributed by atoms with E-state index < -0.39 is 16.1 Å². The molecular weight excluding hydrogens is 354 g/mol. The molecule has 2 aromatic heterocycles. The van der Waals surface area contributed by atoms with Gasteiger partial charge in [0.2, 0.25) is 10.0 Å². The van der Waals surface area contributed by atoms with Gasteiger partial charge in [-0.3, -0.25) is 5.10 Å². The van der Waals surface area contributed by atoms with Crippen molar-refractivity contribution in [3.8, 4) is 0 Å². The van der Waals surface area contributed by atoms with Crippen LogP contribution in [0.15, 0.2) is 21.1 Å². The van der Waals surface area contributed by atoms with Gasteiger partial charge in [-0.15, -0.1) is 11.3 Å². The van der Waals surface area contributed by atoms with Crippen molar-refractivity contribution in [3.05, 3.63) is 26.9 Å². The van der Waals surface area contributed by atoms with E-state index in [1.165, 1.54) is 17.7 Å². The average Bonchev–Trinajstić information content (AvgIpc) is 2.96. The normalized spacial score (nSPS) is 13.6. The van der Waals surface area contributed by atoms with Gasteiger partial charge in [-0.05, 0) is 28.9 Å². The summed E-state index contributed by atoms with van der Waals surface area (Å²) in [5.74, 6) is 0.453. The first-order valence-corrected chi connectivity index (χ1v) is 8.39. The second kappa shape index (κ2) is 5.67. The molecule has 0 aliphatic carbocycles. The van der Waals surface area contributed by atoms with Crippen molar-refractivity contribution in [2.75, 3.05) is 0 Å². The van der Waals surface area contributed by atoms with Crippen LogP contribution in [0.25, 0.3) is 0 Å². The highest BCUT2D eigenvalue weighted by atomic mass is 79.9. The minimum Gasteiger partial charge on any atom is -0.326 e. The summed E-state index contributed by atoms with van der Waals surface area (Å²) in [5.41, 5.74) is 5.50. The maximum absolute atomic E-state index is 12.3. The van der Waals surface area contributed by atoms with Gasteiger partial charge in [0.15, 0.2) is 0 Å². The van der Waals surface area contributed by atoms with Crippen molar-refractivity contribution >= 4 is 37.3 Å². The molecule has 1 unspecified atom stereocenters. The van der Waals surface area contributed by atoms with Crippen LogP contribution in [-0.2, 0) is 16.6 Å². The smallest absolute Gasteiger partial charge is 0.243 e. The number of nitrogens with one attached hydrogen (secondary N) is 2. The Bertz CT molecular complexity index is 652. The number of hydrogen-bond donors (Lipinski definition) is 3.